The van der Waals surface area contributed by atoms with Crippen molar-refractivity contribution in [3.8, 4) is 0 Å². The molecule has 1 heterocycles. The second-order valence-electron chi connectivity index (χ2n) is 7.57. The quantitative estimate of drug-likeness (QED) is 0.780. The van der Waals surface area contributed by atoms with Crippen LogP contribution in [0, 0.1) is 0 Å². The van der Waals surface area contributed by atoms with E-state index in [0.29, 0.717) is 11.3 Å². The van der Waals surface area contributed by atoms with E-state index in [1.807, 2.05) is 60.3 Å². The molecule has 2 aromatic rings. The van der Waals surface area contributed by atoms with Crippen molar-refractivity contribution < 1.29 is 9.59 Å². The Morgan fingerprint density at radius 3 is 2.41 bits per heavy atom. The monoisotopic (exact) mass is 394 g/mol. The molecule has 1 aliphatic heterocycles. The number of nitrogens with zero attached hydrogens (tertiary/aromatic N) is 2. The highest BCUT2D eigenvalue weighted by Gasteiger charge is 2.22. The molecular formula is C23H30N4O2. The number of hydrogen-bond donors (Lipinski definition) is 2. The topological polar surface area (TPSA) is 64.7 Å². The van der Waals surface area contributed by atoms with Crippen molar-refractivity contribution in [2.75, 3.05) is 42.7 Å². The number of amides is 3. The molecule has 2 aromatic carbocycles. The van der Waals surface area contributed by atoms with Crippen molar-refractivity contribution in [3.05, 3.63) is 53.6 Å². The first kappa shape index (κ1) is 20.7. The first-order valence-electron chi connectivity index (χ1n) is 10.3. The Kier molecular flexibility index (Phi) is 6.75. The van der Waals surface area contributed by atoms with E-state index >= 15 is 0 Å². The molecule has 0 unspecified atom stereocenters. The highest BCUT2D eigenvalue weighted by Crippen LogP contribution is 2.26. The van der Waals surface area contributed by atoms with Crippen LogP contribution in [0.4, 0.5) is 21.9 Å². The van der Waals surface area contributed by atoms with Crippen LogP contribution in [0.3, 0.4) is 0 Å². The largest absolute Gasteiger partial charge is 0.377 e. The molecule has 0 aliphatic carbocycles. The lowest BCUT2D eigenvalue weighted by atomic mass is 10.1. The molecule has 1 fully saturated rings. The predicted octanol–water partition coefficient (Wildman–Crippen LogP) is 4.59. The van der Waals surface area contributed by atoms with Crippen LogP contribution < -0.4 is 15.5 Å². The zero-order chi connectivity index (χ0) is 20.8. The third kappa shape index (κ3) is 5.08. The standard InChI is InChI=1S/C23H30N4O2/c1-4-17-10-6-7-11-20(17)25-23(29)24-18-12-13-21(26(2)3)19(16-18)22(28)27-14-8-5-9-15-27/h6-7,10-13,16H,4-5,8-9,14-15H2,1-3H3,(H2,24,25,29). The van der Waals surface area contributed by atoms with E-state index in [0.717, 1.165) is 49.3 Å². The second-order valence-corrected chi connectivity index (χ2v) is 7.57. The summed E-state index contributed by atoms with van der Waals surface area (Å²) in [6.45, 7) is 3.63. The fraction of sp³-hybridized carbons (Fsp3) is 0.391. The lowest BCUT2D eigenvalue weighted by Crippen LogP contribution is -2.36. The Balaban J connectivity index is 1.79. The van der Waals surface area contributed by atoms with Crippen LogP contribution in [-0.4, -0.2) is 44.0 Å². The Morgan fingerprint density at radius 2 is 1.72 bits per heavy atom. The summed E-state index contributed by atoms with van der Waals surface area (Å²) < 4.78 is 0. The minimum atomic E-state index is -0.320. The molecule has 0 spiro atoms. The number of anilines is 3. The summed E-state index contributed by atoms with van der Waals surface area (Å²) in [5.41, 5.74) is 3.93. The van der Waals surface area contributed by atoms with Gasteiger partial charge in [0.15, 0.2) is 0 Å². The average molecular weight is 395 g/mol. The van der Waals surface area contributed by atoms with Gasteiger partial charge in [0.2, 0.25) is 0 Å². The zero-order valence-corrected chi connectivity index (χ0v) is 17.5. The van der Waals surface area contributed by atoms with Crippen LogP contribution in [0.2, 0.25) is 0 Å². The van der Waals surface area contributed by atoms with Gasteiger partial charge in [0.25, 0.3) is 5.91 Å². The maximum Gasteiger partial charge on any atom is 0.323 e. The zero-order valence-electron chi connectivity index (χ0n) is 17.5. The highest BCUT2D eigenvalue weighted by atomic mass is 16.2. The minimum absolute atomic E-state index is 0.0220. The Labute approximate surface area is 172 Å². The Bertz CT molecular complexity index is 873. The number of rotatable bonds is 5. The number of nitrogens with one attached hydrogen (secondary N) is 2. The van der Waals surface area contributed by atoms with Crippen molar-refractivity contribution in [1.82, 2.24) is 4.90 Å². The Morgan fingerprint density at radius 1 is 1.00 bits per heavy atom. The summed E-state index contributed by atoms with van der Waals surface area (Å²) in [7, 11) is 3.84. The number of benzene rings is 2. The molecule has 3 rings (SSSR count). The summed E-state index contributed by atoms with van der Waals surface area (Å²) >= 11 is 0. The first-order chi connectivity index (χ1) is 14.0. The van der Waals surface area contributed by atoms with Gasteiger partial charge in [0.1, 0.15) is 0 Å². The van der Waals surface area contributed by atoms with Gasteiger partial charge < -0.3 is 20.4 Å². The lowest BCUT2D eigenvalue weighted by molar-refractivity contribution is 0.0725. The third-order valence-corrected chi connectivity index (χ3v) is 5.26. The average Bonchev–Trinajstić information content (AvgIpc) is 2.74. The van der Waals surface area contributed by atoms with E-state index in [4.69, 9.17) is 0 Å². The van der Waals surface area contributed by atoms with Gasteiger partial charge >= 0.3 is 6.03 Å². The van der Waals surface area contributed by atoms with Crippen LogP contribution in [0.1, 0.15) is 42.1 Å². The van der Waals surface area contributed by atoms with Gasteiger partial charge in [0.05, 0.1) is 5.56 Å². The number of piperidine rings is 1. The molecule has 6 heteroatoms. The van der Waals surface area contributed by atoms with Crippen molar-refractivity contribution >= 4 is 29.0 Å². The van der Waals surface area contributed by atoms with Crippen LogP contribution in [0.25, 0.3) is 0 Å². The molecule has 6 nitrogen and oxygen atoms in total. The normalized spacial score (nSPS) is 13.7. The SMILES string of the molecule is CCc1ccccc1NC(=O)Nc1ccc(N(C)C)c(C(=O)N2CCCCC2)c1. The van der Waals surface area contributed by atoms with E-state index in [9.17, 15) is 9.59 Å². The number of carbonyl (C=O) groups excluding carboxylic acids is 2. The van der Waals surface area contributed by atoms with E-state index < -0.39 is 0 Å². The molecule has 29 heavy (non-hydrogen) atoms. The summed E-state index contributed by atoms with van der Waals surface area (Å²) in [6.07, 6.45) is 4.09. The fourth-order valence-electron chi connectivity index (χ4n) is 3.68. The number of hydrogen-bond acceptors (Lipinski definition) is 3. The number of carbonyl (C=O) groups is 2. The highest BCUT2D eigenvalue weighted by molar-refractivity contribution is 6.04. The summed E-state index contributed by atoms with van der Waals surface area (Å²) in [4.78, 5) is 29.5. The maximum absolute atomic E-state index is 13.1. The van der Waals surface area contributed by atoms with Gasteiger partial charge in [-0.2, -0.15) is 0 Å². The van der Waals surface area contributed by atoms with Crippen LogP contribution in [-0.2, 0) is 6.42 Å². The number of likely N-dealkylation sites (tertiary alicyclic amines) is 1. The summed E-state index contributed by atoms with van der Waals surface area (Å²) in [5, 5.41) is 5.77. The molecule has 154 valence electrons. The fourth-order valence-corrected chi connectivity index (χ4v) is 3.68. The molecule has 2 N–H and O–H groups in total. The molecule has 3 amide bonds. The van der Waals surface area contributed by atoms with Crippen LogP contribution in [0.15, 0.2) is 42.5 Å². The van der Waals surface area contributed by atoms with Gasteiger partial charge in [0, 0.05) is 44.2 Å². The summed E-state index contributed by atoms with van der Waals surface area (Å²) in [5.74, 6) is 0.0220. The van der Waals surface area contributed by atoms with Gasteiger partial charge in [-0.05, 0) is 55.5 Å². The molecular weight excluding hydrogens is 364 g/mol. The molecule has 1 saturated heterocycles. The van der Waals surface area contributed by atoms with Crippen molar-refractivity contribution in [3.63, 3.8) is 0 Å². The van der Waals surface area contributed by atoms with Gasteiger partial charge in [-0.3, -0.25) is 4.79 Å². The van der Waals surface area contributed by atoms with Gasteiger partial charge in [-0.25, -0.2) is 4.79 Å². The number of urea groups is 1. The third-order valence-electron chi connectivity index (χ3n) is 5.26. The van der Waals surface area contributed by atoms with E-state index in [2.05, 4.69) is 17.6 Å². The molecule has 0 aromatic heterocycles. The van der Waals surface area contributed by atoms with Crippen molar-refractivity contribution in [1.29, 1.82) is 0 Å². The predicted molar refractivity (Wildman–Crippen MR) is 119 cm³/mol. The molecule has 0 bridgehead atoms. The summed E-state index contributed by atoms with van der Waals surface area (Å²) in [6, 6.07) is 12.9. The van der Waals surface area contributed by atoms with E-state index in [-0.39, 0.29) is 11.9 Å². The van der Waals surface area contributed by atoms with E-state index in [1.54, 1.807) is 6.07 Å². The smallest absolute Gasteiger partial charge is 0.323 e. The maximum atomic E-state index is 13.1. The van der Waals surface area contributed by atoms with Crippen molar-refractivity contribution in [2.45, 2.75) is 32.6 Å². The first-order valence-corrected chi connectivity index (χ1v) is 10.3. The van der Waals surface area contributed by atoms with E-state index in [1.165, 1.54) is 6.42 Å². The second kappa shape index (κ2) is 9.45. The van der Waals surface area contributed by atoms with Crippen LogP contribution >= 0.6 is 0 Å². The minimum Gasteiger partial charge on any atom is -0.377 e. The number of aryl methyl sites for hydroxylation is 1. The van der Waals surface area contributed by atoms with Gasteiger partial charge in [-0.15, -0.1) is 0 Å². The molecule has 1 aliphatic rings. The number of para-hydroxylation sites is 1. The molecule has 0 saturated carbocycles. The van der Waals surface area contributed by atoms with Gasteiger partial charge in [-0.1, -0.05) is 25.1 Å². The Hall–Kier alpha value is -3.02. The molecule has 0 radical (unpaired) electrons. The van der Waals surface area contributed by atoms with Crippen LogP contribution in [0.5, 0.6) is 0 Å². The lowest BCUT2D eigenvalue weighted by Gasteiger charge is -2.28. The molecule has 0 atom stereocenters. The van der Waals surface area contributed by atoms with Crippen molar-refractivity contribution in [2.24, 2.45) is 0 Å².